The Kier molecular flexibility index (Phi) is 5.86. The Hall–Kier alpha value is -1.06. The van der Waals surface area contributed by atoms with Crippen molar-refractivity contribution in [1.82, 2.24) is 10.2 Å². The average molecular weight is 275 g/mol. The number of likely N-dealkylation sites (N-methyl/N-ethyl adjacent to an activating group) is 1. The minimum absolute atomic E-state index is 0.967. The van der Waals surface area contributed by atoms with E-state index in [-0.39, 0.29) is 0 Å². The van der Waals surface area contributed by atoms with Gasteiger partial charge in [0.25, 0.3) is 0 Å². The van der Waals surface area contributed by atoms with Gasteiger partial charge in [-0.2, -0.15) is 0 Å². The van der Waals surface area contributed by atoms with E-state index in [0.29, 0.717) is 0 Å². The van der Waals surface area contributed by atoms with E-state index < -0.39 is 0 Å². The van der Waals surface area contributed by atoms with Crippen LogP contribution in [0.15, 0.2) is 18.2 Å². The van der Waals surface area contributed by atoms with Gasteiger partial charge in [-0.1, -0.05) is 19.1 Å². The van der Waals surface area contributed by atoms with Crippen molar-refractivity contribution in [3.63, 3.8) is 0 Å². The fourth-order valence-electron chi connectivity index (χ4n) is 2.94. The largest absolute Gasteiger partial charge is 0.373 e. The second kappa shape index (κ2) is 7.65. The van der Waals surface area contributed by atoms with Gasteiger partial charge in [0.15, 0.2) is 0 Å². The molecule has 0 bridgehead atoms. The minimum Gasteiger partial charge on any atom is -0.373 e. The third-order valence-electron chi connectivity index (χ3n) is 4.20. The lowest BCUT2D eigenvalue weighted by molar-refractivity contribution is 0.346. The molecule has 0 aliphatic carbocycles. The molecule has 1 saturated heterocycles. The summed E-state index contributed by atoms with van der Waals surface area (Å²) in [5.74, 6) is 0. The molecule has 1 aliphatic heterocycles. The Morgan fingerprint density at radius 2 is 2.00 bits per heavy atom. The van der Waals surface area contributed by atoms with Gasteiger partial charge in [0.1, 0.15) is 0 Å². The quantitative estimate of drug-likeness (QED) is 0.825. The Labute approximate surface area is 124 Å². The van der Waals surface area contributed by atoms with Crippen molar-refractivity contribution in [3.8, 4) is 0 Å². The van der Waals surface area contributed by atoms with Gasteiger partial charge >= 0.3 is 0 Å². The number of likely N-dealkylation sites (tertiary alicyclic amines) is 1. The zero-order chi connectivity index (χ0) is 14.4. The maximum atomic E-state index is 3.38. The van der Waals surface area contributed by atoms with Gasteiger partial charge in [-0.25, -0.2) is 0 Å². The maximum absolute atomic E-state index is 3.38. The molecular formula is C17H29N3. The summed E-state index contributed by atoms with van der Waals surface area (Å²) in [6, 6.07) is 6.83. The van der Waals surface area contributed by atoms with Crippen LogP contribution < -0.4 is 10.2 Å². The van der Waals surface area contributed by atoms with Gasteiger partial charge in [-0.3, -0.25) is 0 Å². The van der Waals surface area contributed by atoms with E-state index in [0.717, 1.165) is 19.6 Å². The third-order valence-corrected chi connectivity index (χ3v) is 4.20. The number of rotatable bonds is 7. The molecule has 3 heteroatoms. The SMILES string of the molecule is CCNCc1ccc(N(C)CCN2CCCC2)c(C)c1. The van der Waals surface area contributed by atoms with E-state index in [4.69, 9.17) is 0 Å². The van der Waals surface area contributed by atoms with Gasteiger partial charge in [0, 0.05) is 32.4 Å². The Morgan fingerprint density at radius 3 is 2.65 bits per heavy atom. The lowest BCUT2D eigenvalue weighted by Crippen LogP contribution is -2.31. The summed E-state index contributed by atoms with van der Waals surface area (Å²) in [5.41, 5.74) is 4.12. The minimum atomic E-state index is 0.967. The first-order chi connectivity index (χ1) is 9.70. The molecule has 1 N–H and O–H groups in total. The molecule has 3 nitrogen and oxygen atoms in total. The van der Waals surface area contributed by atoms with Crippen molar-refractivity contribution < 1.29 is 0 Å². The lowest BCUT2D eigenvalue weighted by atomic mass is 10.1. The van der Waals surface area contributed by atoms with Crippen LogP contribution in [-0.2, 0) is 6.54 Å². The van der Waals surface area contributed by atoms with Gasteiger partial charge in [0.05, 0.1) is 0 Å². The molecule has 20 heavy (non-hydrogen) atoms. The van der Waals surface area contributed by atoms with Crippen molar-refractivity contribution in [2.45, 2.75) is 33.2 Å². The van der Waals surface area contributed by atoms with Crippen LogP contribution in [0.2, 0.25) is 0 Å². The predicted octanol–water partition coefficient (Wildman–Crippen LogP) is 2.64. The molecule has 1 aromatic carbocycles. The molecule has 2 rings (SSSR count). The van der Waals surface area contributed by atoms with Crippen LogP contribution in [0.1, 0.15) is 30.9 Å². The summed E-state index contributed by atoms with van der Waals surface area (Å²) in [4.78, 5) is 4.97. The highest BCUT2D eigenvalue weighted by Gasteiger charge is 2.12. The molecule has 0 amide bonds. The third kappa shape index (κ3) is 4.22. The predicted molar refractivity (Wildman–Crippen MR) is 87.5 cm³/mol. The van der Waals surface area contributed by atoms with E-state index in [2.05, 4.69) is 54.2 Å². The van der Waals surface area contributed by atoms with Crippen LogP contribution in [0.25, 0.3) is 0 Å². The van der Waals surface area contributed by atoms with Crippen LogP contribution in [0.4, 0.5) is 5.69 Å². The first-order valence-corrected chi connectivity index (χ1v) is 7.94. The van der Waals surface area contributed by atoms with Gasteiger partial charge in [-0.05, 0) is 56.6 Å². The number of hydrogen-bond donors (Lipinski definition) is 1. The highest BCUT2D eigenvalue weighted by molar-refractivity contribution is 5.53. The fourth-order valence-corrected chi connectivity index (χ4v) is 2.94. The number of anilines is 1. The Balaban J connectivity index is 1.89. The first-order valence-electron chi connectivity index (χ1n) is 7.94. The normalized spacial score (nSPS) is 15.8. The van der Waals surface area contributed by atoms with E-state index in [1.807, 2.05) is 0 Å². The monoisotopic (exact) mass is 275 g/mol. The second-order valence-electron chi connectivity index (χ2n) is 5.87. The van der Waals surface area contributed by atoms with Crippen LogP contribution in [0.3, 0.4) is 0 Å². The number of nitrogens with zero attached hydrogens (tertiary/aromatic N) is 2. The topological polar surface area (TPSA) is 18.5 Å². The summed E-state index contributed by atoms with van der Waals surface area (Å²) in [6.07, 6.45) is 2.75. The molecule has 1 fully saturated rings. The van der Waals surface area contributed by atoms with E-state index in [1.165, 1.54) is 49.3 Å². The second-order valence-corrected chi connectivity index (χ2v) is 5.87. The number of aryl methyl sites for hydroxylation is 1. The number of hydrogen-bond acceptors (Lipinski definition) is 3. The summed E-state index contributed by atoms with van der Waals surface area (Å²) in [6.45, 7) is 11.2. The molecule has 1 aromatic rings. The average Bonchev–Trinajstić information content (AvgIpc) is 2.96. The zero-order valence-corrected chi connectivity index (χ0v) is 13.3. The van der Waals surface area contributed by atoms with Crippen molar-refractivity contribution >= 4 is 5.69 Å². The number of benzene rings is 1. The van der Waals surface area contributed by atoms with Gasteiger partial charge < -0.3 is 15.1 Å². The lowest BCUT2D eigenvalue weighted by Gasteiger charge is -2.25. The molecule has 0 saturated carbocycles. The summed E-state index contributed by atoms with van der Waals surface area (Å²) >= 11 is 0. The molecular weight excluding hydrogens is 246 g/mol. The highest BCUT2D eigenvalue weighted by Crippen LogP contribution is 2.20. The maximum Gasteiger partial charge on any atom is 0.0393 e. The standard InChI is InChI=1S/C17H29N3/c1-4-18-14-16-7-8-17(15(2)13-16)19(3)11-12-20-9-5-6-10-20/h7-8,13,18H,4-6,9-12,14H2,1-3H3. The summed E-state index contributed by atoms with van der Waals surface area (Å²) in [5, 5.41) is 3.38. The van der Waals surface area contributed by atoms with Crippen molar-refractivity contribution in [2.24, 2.45) is 0 Å². The van der Waals surface area contributed by atoms with Crippen molar-refractivity contribution in [1.29, 1.82) is 0 Å². The molecule has 1 heterocycles. The molecule has 0 atom stereocenters. The molecule has 0 unspecified atom stereocenters. The van der Waals surface area contributed by atoms with Crippen LogP contribution in [0, 0.1) is 6.92 Å². The Morgan fingerprint density at radius 1 is 1.25 bits per heavy atom. The number of nitrogens with one attached hydrogen (secondary N) is 1. The molecule has 0 spiro atoms. The van der Waals surface area contributed by atoms with Gasteiger partial charge in [0.2, 0.25) is 0 Å². The molecule has 1 aliphatic rings. The van der Waals surface area contributed by atoms with E-state index in [9.17, 15) is 0 Å². The smallest absolute Gasteiger partial charge is 0.0393 e. The van der Waals surface area contributed by atoms with Crippen LogP contribution in [0.5, 0.6) is 0 Å². The van der Waals surface area contributed by atoms with Crippen molar-refractivity contribution in [3.05, 3.63) is 29.3 Å². The summed E-state index contributed by atoms with van der Waals surface area (Å²) in [7, 11) is 2.21. The zero-order valence-electron chi connectivity index (χ0n) is 13.3. The first kappa shape index (κ1) is 15.3. The fraction of sp³-hybridized carbons (Fsp3) is 0.647. The van der Waals surface area contributed by atoms with E-state index in [1.54, 1.807) is 0 Å². The Bertz CT molecular complexity index is 411. The highest BCUT2D eigenvalue weighted by atomic mass is 15.2. The molecule has 0 radical (unpaired) electrons. The van der Waals surface area contributed by atoms with E-state index >= 15 is 0 Å². The van der Waals surface area contributed by atoms with Gasteiger partial charge in [-0.15, -0.1) is 0 Å². The van der Waals surface area contributed by atoms with Crippen LogP contribution in [-0.4, -0.2) is 44.7 Å². The molecule has 112 valence electrons. The van der Waals surface area contributed by atoms with Crippen molar-refractivity contribution in [2.75, 3.05) is 44.7 Å². The summed E-state index contributed by atoms with van der Waals surface area (Å²) < 4.78 is 0. The molecule has 0 aromatic heterocycles. The van der Waals surface area contributed by atoms with Crippen LogP contribution >= 0.6 is 0 Å².